The van der Waals surface area contributed by atoms with E-state index in [0.29, 0.717) is 5.69 Å². The molecule has 0 spiro atoms. The molecule has 1 atom stereocenters. The first-order valence-electron chi connectivity index (χ1n) is 7.24. The molecule has 19 heavy (non-hydrogen) atoms. The van der Waals surface area contributed by atoms with Crippen molar-refractivity contribution in [2.45, 2.75) is 33.2 Å². The molecule has 1 aliphatic heterocycles. The highest BCUT2D eigenvalue weighted by Crippen LogP contribution is 2.23. The number of nitrogen functional groups attached to an aromatic ring is 1. The Morgan fingerprint density at radius 3 is 2.84 bits per heavy atom. The molecule has 4 nitrogen and oxygen atoms in total. The molecule has 4 heteroatoms. The molecule has 0 radical (unpaired) electrons. The SMILES string of the molecule is CC(C)C1CCN(CCCn2cc(N)ccc2=O)C1. The number of hydrogen-bond acceptors (Lipinski definition) is 3. The summed E-state index contributed by atoms with van der Waals surface area (Å²) in [4.78, 5) is 14.1. The third-order valence-corrected chi connectivity index (χ3v) is 4.13. The molecular formula is C15H25N3O. The summed E-state index contributed by atoms with van der Waals surface area (Å²) in [5.74, 6) is 1.62. The van der Waals surface area contributed by atoms with Crippen molar-refractivity contribution in [3.05, 3.63) is 28.7 Å². The van der Waals surface area contributed by atoms with Crippen molar-refractivity contribution in [1.82, 2.24) is 9.47 Å². The van der Waals surface area contributed by atoms with E-state index in [2.05, 4.69) is 18.7 Å². The summed E-state index contributed by atoms with van der Waals surface area (Å²) in [6.07, 6.45) is 4.06. The van der Waals surface area contributed by atoms with Crippen molar-refractivity contribution in [3.8, 4) is 0 Å². The number of pyridine rings is 1. The topological polar surface area (TPSA) is 51.3 Å². The van der Waals surface area contributed by atoms with Gasteiger partial charge in [0, 0.05) is 31.0 Å². The second-order valence-electron chi connectivity index (χ2n) is 5.94. The summed E-state index contributed by atoms with van der Waals surface area (Å²) < 4.78 is 1.71. The van der Waals surface area contributed by atoms with Crippen molar-refractivity contribution >= 4 is 5.69 Å². The zero-order valence-corrected chi connectivity index (χ0v) is 12.0. The molecule has 0 aliphatic carbocycles. The van der Waals surface area contributed by atoms with Crippen LogP contribution in [0.4, 0.5) is 5.69 Å². The van der Waals surface area contributed by atoms with Crippen LogP contribution in [0.2, 0.25) is 0 Å². The molecule has 1 unspecified atom stereocenters. The molecule has 106 valence electrons. The fourth-order valence-corrected chi connectivity index (χ4v) is 2.80. The first-order valence-corrected chi connectivity index (χ1v) is 7.24. The molecule has 0 amide bonds. The molecule has 0 bridgehead atoms. The normalized spacial score (nSPS) is 20.3. The van der Waals surface area contributed by atoms with Gasteiger partial charge in [0.2, 0.25) is 0 Å². The highest BCUT2D eigenvalue weighted by molar-refractivity contribution is 5.33. The fraction of sp³-hybridized carbons (Fsp3) is 0.667. The average molecular weight is 263 g/mol. The number of nitrogens with two attached hydrogens (primary N) is 1. The number of nitrogens with zero attached hydrogens (tertiary/aromatic N) is 2. The Bertz CT molecular complexity index is 467. The van der Waals surface area contributed by atoms with Crippen molar-refractivity contribution in [2.24, 2.45) is 11.8 Å². The van der Waals surface area contributed by atoms with Crippen LogP contribution < -0.4 is 11.3 Å². The molecule has 2 heterocycles. The first kappa shape index (κ1) is 14.1. The summed E-state index contributed by atoms with van der Waals surface area (Å²) in [6, 6.07) is 3.20. The van der Waals surface area contributed by atoms with Crippen LogP contribution in [0.25, 0.3) is 0 Å². The van der Waals surface area contributed by atoms with Gasteiger partial charge in [-0.05, 0) is 43.8 Å². The van der Waals surface area contributed by atoms with E-state index in [1.807, 2.05) is 0 Å². The second kappa shape index (κ2) is 6.24. The van der Waals surface area contributed by atoms with Gasteiger partial charge in [-0.25, -0.2) is 0 Å². The van der Waals surface area contributed by atoms with Gasteiger partial charge in [0.15, 0.2) is 0 Å². The number of likely N-dealkylation sites (tertiary alicyclic amines) is 1. The van der Waals surface area contributed by atoms with Crippen molar-refractivity contribution in [3.63, 3.8) is 0 Å². The molecule has 2 rings (SSSR count). The van der Waals surface area contributed by atoms with E-state index < -0.39 is 0 Å². The first-order chi connectivity index (χ1) is 9.06. The summed E-state index contributed by atoms with van der Waals surface area (Å²) in [5.41, 5.74) is 6.39. The maximum atomic E-state index is 11.6. The standard InChI is InChI=1S/C15H25N3O/c1-12(2)13-6-9-17(10-13)7-3-8-18-11-14(16)4-5-15(18)19/h4-5,11-13H,3,6-10,16H2,1-2H3. The Kier molecular flexibility index (Phi) is 4.64. The zero-order chi connectivity index (χ0) is 13.8. The largest absolute Gasteiger partial charge is 0.398 e. The van der Waals surface area contributed by atoms with Crippen LogP contribution in [0, 0.1) is 11.8 Å². The van der Waals surface area contributed by atoms with Crippen LogP contribution in [-0.2, 0) is 6.54 Å². The van der Waals surface area contributed by atoms with Gasteiger partial charge >= 0.3 is 0 Å². The molecule has 0 saturated carbocycles. The number of hydrogen-bond donors (Lipinski definition) is 1. The Labute approximate surface area is 115 Å². The lowest BCUT2D eigenvalue weighted by Gasteiger charge is -2.18. The summed E-state index contributed by atoms with van der Waals surface area (Å²) >= 11 is 0. The van der Waals surface area contributed by atoms with Gasteiger partial charge in [-0.3, -0.25) is 4.79 Å². The quantitative estimate of drug-likeness (QED) is 0.881. The molecule has 2 N–H and O–H groups in total. The van der Waals surface area contributed by atoms with Crippen LogP contribution in [0.1, 0.15) is 26.7 Å². The van der Waals surface area contributed by atoms with E-state index in [1.165, 1.54) is 19.5 Å². The van der Waals surface area contributed by atoms with Crippen LogP contribution in [0.3, 0.4) is 0 Å². The lowest BCUT2D eigenvalue weighted by atomic mass is 9.95. The monoisotopic (exact) mass is 263 g/mol. The van der Waals surface area contributed by atoms with E-state index in [4.69, 9.17) is 5.73 Å². The van der Waals surface area contributed by atoms with E-state index in [9.17, 15) is 4.79 Å². The van der Waals surface area contributed by atoms with Gasteiger partial charge in [0.1, 0.15) is 0 Å². The molecular weight excluding hydrogens is 238 g/mol. The van der Waals surface area contributed by atoms with Gasteiger partial charge in [-0.2, -0.15) is 0 Å². The van der Waals surface area contributed by atoms with Crippen molar-refractivity contribution in [1.29, 1.82) is 0 Å². The minimum atomic E-state index is 0.0377. The molecule has 1 saturated heterocycles. The molecule has 1 fully saturated rings. The smallest absolute Gasteiger partial charge is 0.250 e. The van der Waals surface area contributed by atoms with E-state index in [1.54, 1.807) is 22.9 Å². The summed E-state index contributed by atoms with van der Waals surface area (Å²) in [7, 11) is 0. The highest BCUT2D eigenvalue weighted by atomic mass is 16.1. The number of anilines is 1. The predicted octanol–water partition coefficient (Wildman–Crippen LogP) is 1.80. The van der Waals surface area contributed by atoms with E-state index in [0.717, 1.165) is 31.3 Å². The van der Waals surface area contributed by atoms with Crippen molar-refractivity contribution < 1.29 is 0 Å². The van der Waals surface area contributed by atoms with E-state index in [-0.39, 0.29) is 5.56 Å². The molecule has 1 aromatic rings. The second-order valence-corrected chi connectivity index (χ2v) is 5.94. The van der Waals surface area contributed by atoms with Gasteiger partial charge in [-0.1, -0.05) is 13.8 Å². The van der Waals surface area contributed by atoms with Gasteiger partial charge < -0.3 is 15.2 Å². The van der Waals surface area contributed by atoms with Crippen LogP contribution >= 0.6 is 0 Å². The van der Waals surface area contributed by atoms with Crippen LogP contribution in [0.15, 0.2) is 23.1 Å². The van der Waals surface area contributed by atoms with Gasteiger partial charge in [0.05, 0.1) is 0 Å². The highest BCUT2D eigenvalue weighted by Gasteiger charge is 2.24. The average Bonchev–Trinajstić information content (AvgIpc) is 2.82. The third-order valence-electron chi connectivity index (χ3n) is 4.13. The zero-order valence-electron chi connectivity index (χ0n) is 12.0. The summed E-state index contributed by atoms with van der Waals surface area (Å²) in [5, 5.41) is 0. The lowest BCUT2D eigenvalue weighted by Crippen LogP contribution is -2.26. The summed E-state index contributed by atoms with van der Waals surface area (Å²) in [6.45, 7) is 8.86. The van der Waals surface area contributed by atoms with Gasteiger partial charge in [-0.15, -0.1) is 0 Å². The van der Waals surface area contributed by atoms with Crippen LogP contribution in [-0.4, -0.2) is 29.1 Å². The van der Waals surface area contributed by atoms with Crippen molar-refractivity contribution in [2.75, 3.05) is 25.4 Å². The maximum absolute atomic E-state index is 11.6. The number of aryl methyl sites for hydroxylation is 1. The number of aromatic nitrogens is 1. The lowest BCUT2D eigenvalue weighted by molar-refractivity contribution is 0.294. The van der Waals surface area contributed by atoms with Gasteiger partial charge in [0.25, 0.3) is 5.56 Å². The van der Waals surface area contributed by atoms with E-state index >= 15 is 0 Å². The molecule has 1 aliphatic rings. The molecule has 1 aromatic heterocycles. The number of rotatable bonds is 5. The minimum absolute atomic E-state index is 0.0377. The van der Waals surface area contributed by atoms with Crippen LogP contribution in [0.5, 0.6) is 0 Å². The predicted molar refractivity (Wildman–Crippen MR) is 79.1 cm³/mol. The maximum Gasteiger partial charge on any atom is 0.250 e. The Morgan fingerprint density at radius 2 is 2.16 bits per heavy atom. The Hall–Kier alpha value is -1.29. The third kappa shape index (κ3) is 3.83. The fourth-order valence-electron chi connectivity index (χ4n) is 2.80. The minimum Gasteiger partial charge on any atom is -0.398 e. The Morgan fingerprint density at radius 1 is 1.37 bits per heavy atom. The Balaban J connectivity index is 1.78. The molecule has 0 aromatic carbocycles.